The highest BCUT2D eigenvalue weighted by molar-refractivity contribution is 7.80. The average molecular weight is 290 g/mol. The highest BCUT2D eigenvalue weighted by Gasteiger charge is 2.35. The van der Waals surface area contributed by atoms with Crippen molar-refractivity contribution in [3.8, 4) is 0 Å². The number of thiocarbonyl (C=S) groups is 1. The molecule has 2 rings (SSSR count). The number of carbonyl (C=O) groups is 1. The number of carbonyl (C=O) groups excluding carboxylic acids is 1. The van der Waals surface area contributed by atoms with Gasteiger partial charge >= 0.3 is 0 Å². The summed E-state index contributed by atoms with van der Waals surface area (Å²) in [4.78, 5) is 15.1. The van der Waals surface area contributed by atoms with Gasteiger partial charge in [0.2, 0.25) is 5.91 Å². The van der Waals surface area contributed by atoms with Gasteiger partial charge in [0.1, 0.15) is 0 Å². The van der Waals surface area contributed by atoms with Gasteiger partial charge in [-0.15, -0.1) is 0 Å². The van der Waals surface area contributed by atoms with Crippen LogP contribution in [0.25, 0.3) is 0 Å². The van der Waals surface area contributed by atoms with Crippen LogP contribution in [0, 0.1) is 11.8 Å². The summed E-state index contributed by atoms with van der Waals surface area (Å²) in [5.41, 5.74) is 8.03. The fourth-order valence-electron chi connectivity index (χ4n) is 2.91. The van der Waals surface area contributed by atoms with Crippen LogP contribution in [0.2, 0.25) is 0 Å². The van der Waals surface area contributed by atoms with Gasteiger partial charge in [0.05, 0.1) is 10.9 Å². The van der Waals surface area contributed by atoms with Gasteiger partial charge in [-0.25, -0.2) is 0 Å². The van der Waals surface area contributed by atoms with Crippen molar-refractivity contribution < 1.29 is 4.79 Å². The van der Waals surface area contributed by atoms with Crippen molar-refractivity contribution in [2.45, 2.75) is 39.7 Å². The molecule has 0 radical (unpaired) electrons. The maximum absolute atomic E-state index is 12.9. The summed E-state index contributed by atoms with van der Waals surface area (Å²) in [6.07, 6.45) is 1.99. The molecule has 1 aromatic carbocycles. The summed E-state index contributed by atoms with van der Waals surface area (Å²) < 4.78 is 0. The Bertz CT molecular complexity index is 527. The summed E-state index contributed by atoms with van der Waals surface area (Å²) in [5, 5.41) is 0. The summed E-state index contributed by atoms with van der Waals surface area (Å²) >= 11 is 5.11. The third kappa shape index (κ3) is 2.70. The van der Waals surface area contributed by atoms with E-state index in [9.17, 15) is 4.79 Å². The SMILES string of the molecule is CC(C)C(C(=O)N1c2ccccc2CCC1C)C(N)=S. The molecule has 2 atom stereocenters. The maximum atomic E-state index is 12.9. The number of anilines is 1. The molecule has 1 heterocycles. The Balaban J connectivity index is 2.40. The molecule has 0 aliphatic carbocycles. The summed E-state index contributed by atoms with van der Waals surface area (Å²) in [5.74, 6) is -0.243. The van der Waals surface area contributed by atoms with E-state index in [0.717, 1.165) is 18.5 Å². The molecular weight excluding hydrogens is 268 g/mol. The molecule has 0 bridgehead atoms. The molecule has 0 saturated carbocycles. The van der Waals surface area contributed by atoms with Crippen LogP contribution in [0.5, 0.6) is 0 Å². The molecule has 2 unspecified atom stereocenters. The second-order valence-corrected chi connectivity index (χ2v) is 6.32. The zero-order chi connectivity index (χ0) is 14.9. The van der Waals surface area contributed by atoms with Crippen LogP contribution in [0.4, 0.5) is 5.69 Å². The van der Waals surface area contributed by atoms with Crippen LogP contribution in [-0.4, -0.2) is 16.9 Å². The van der Waals surface area contributed by atoms with Gasteiger partial charge < -0.3 is 10.6 Å². The molecule has 20 heavy (non-hydrogen) atoms. The Morgan fingerprint density at radius 1 is 1.40 bits per heavy atom. The first-order valence-corrected chi connectivity index (χ1v) is 7.54. The van der Waals surface area contributed by atoms with Crippen molar-refractivity contribution in [1.29, 1.82) is 0 Å². The molecule has 0 fully saturated rings. The number of benzene rings is 1. The number of hydrogen-bond acceptors (Lipinski definition) is 2. The van der Waals surface area contributed by atoms with Gasteiger partial charge in [-0.1, -0.05) is 44.3 Å². The largest absolute Gasteiger partial charge is 0.393 e. The Hall–Kier alpha value is -1.42. The number of para-hydroxylation sites is 1. The minimum Gasteiger partial charge on any atom is -0.393 e. The lowest BCUT2D eigenvalue weighted by atomic mass is 9.90. The predicted molar refractivity (Wildman–Crippen MR) is 86.8 cm³/mol. The minimum absolute atomic E-state index is 0.0344. The third-order valence-electron chi connectivity index (χ3n) is 4.00. The lowest BCUT2D eigenvalue weighted by Crippen LogP contribution is -2.49. The second-order valence-electron chi connectivity index (χ2n) is 5.85. The predicted octanol–water partition coefficient (Wildman–Crippen LogP) is 2.91. The number of fused-ring (bicyclic) bond motifs is 1. The third-order valence-corrected chi connectivity index (χ3v) is 4.25. The first kappa shape index (κ1) is 15.0. The molecule has 2 N–H and O–H groups in total. The van der Waals surface area contributed by atoms with E-state index in [1.54, 1.807) is 0 Å². The average Bonchev–Trinajstić information content (AvgIpc) is 2.37. The van der Waals surface area contributed by atoms with Gasteiger partial charge in [-0.3, -0.25) is 4.79 Å². The van der Waals surface area contributed by atoms with Crippen molar-refractivity contribution in [1.82, 2.24) is 0 Å². The van der Waals surface area contributed by atoms with Gasteiger partial charge in [-0.05, 0) is 37.3 Å². The zero-order valence-electron chi connectivity index (χ0n) is 12.3. The Kier molecular flexibility index (Phi) is 4.43. The Morgan fingerprint density at radius 2 is 2.05 bits per heavy atom. The van der Waals surface area contributed by atoms with Gasteiger partial charge in [0.15, 0.2) is 0 Å². The molecule has 4 heteroatoms. The second kappa shape index (κ2) is 5.92. The topological polar surface area (TPSA) is 46.3 Å². The van der Waals surface area contributed by atoms with Crippen LogP contribution >= 0.6 is 12.2 Å². The lowest BCUT2D eigenvalue weighted by molar-refractivity contribution is -0.122. The first-order valence-electron chi connectivity index (χ1n) is 7.13. The molecule has 0 spiro atoms. The smallest absolute Gasteiger partial charge is 0.237 e. The molecule has 1 aliphatic heterocycles. The number of amides is 1. The monoisotopic (exact) mass is 290 g/mol. The minimum atomic E-state index is -0.390. The van der Waals surface area contributed by atoms with E-state index in [1.807, 2.05) is 36.9 Å². The summed E-state index contributed by atoms with van der Waals surface area (Å²) in [6, 6.07) is 8.28. The number of aryl methyl sites for hydroxylation is 1. The molecule has 1 aliphatic rings. The number of rotatable bonds is 3. The van der Waals surface area contributed by atoms with E-state index in [1.165, 1.54) is 5.56 Å². The van der Waals surface area contributed by atoms with Crippen LogP contribution < -0.4 is 10.6 Å². The first-order chi connectivity index (χ1) is 9.43. The molecule has 108 valence electrons. The van der Waals surface area contributed by atoms with E-state index < -0.39 is 5.92 Å². The molecule has 0 aromatic heterocycles. The van der Waals surface area contributed by atoms with Gasteiger partial charge in [0, 0.05) is 11.7 Å². The Labute approximate surface area is 126 Å². The van der Waals surface area contributed by atoms with Crippen molar-refractivity contribution in [2.24, 2.45) is 17.6 Å². The standard InChI is InChI=1S/C16H22N2OS/c1-10(2)14(15(17)20)16(19)18-11(3)8-9-12-6-4-5-7-13(12)18/h4-7,10-11,14H,8-9H2,1-3H3,(H2,17,20). The van der Waals surface area contributed by atoms with Crippen LogP contribution in [-0.2, 0) is 11.2 Å². The van der Waals surface area contributed by atoms with Crippen LogP contribution in [0.1, 0.15) is 32.8 Å². The van der Waals surface area contributed by atoms with E-state index in [-0.39, 0.29) is 17.9 Å². The van der Waals surface area contributed by atoms with E-state index in [4.69, 9.17) is 18.0 Å². The van der Waals surface area contributed by atoms with E-state index in [0.29, 0.717) is 4.99 Å². The highest BCUT2D eigenvalue weighted by Crippen LogP contribution is 2.32. The molecule has 1 aromatic rings. The Morgan fingerprint density at radius 3 is 2.65 bits per heavy atom. The van der Waals surface area contributed by atoms with Gasteiger partial charge in [-0.2, -0.15) is 0 Å². The highest BCUT2D eigenvalue weighted by atomic mass is 32.1. The van der Waals surface area contributed by atoms with E-state index >= 15 is 0 Å². The van der Waals surface area contributed by atoms with Crippen molar-refractivity contribution in [3.05, 3.63) is 29.8 Å². The number of nitrogens with two attached hydrogens (primary N) is 1. The zero-order valence-corrected chi connectivity index (χ0v) is 13.1. The fourth-order valence-corrected chi connectivity index (χ4v) is 3.28. The van der Waals surface area contributed by atoms with Crippen LogP contribution in [0.3, 0.4) is 0 Å². The van der Waals surface area contributed by atoms with Crippen LogP contribution in [0.15, 0.2) is 24.3 Å². The fraction of sp³-hybridized carbons (Fsp3) is 0.500. The van der Waals surface area contributed by atoms with Gasteiger partial charge in [0.25, 0.3) is 0 Å². The molecule has 0 saturated heterocycles. The van der Waals surface area contributed by atoms with Crippen molar-refractivity contribution in [2.75, 3.05) is 4.90 Å². The molecule has 3 nitrogen and oxygen atoms in total. The molecule has 1 amide bonds. The molecular formula is C16H22N2OS. The number of hydrogen-bond donors (Lipinski definition) is 1. The normalized spacial score (nSPS) is 19.6. The summed E-state index contributed by atoms with van der Waals surface area (Å²) in [7, 11) is 0. The lowest BCUT2D eigenvalue weighted by Gasteiger charge is -2.38. The van der Waals surface area contributed by atoms with E-state index in [2.05, 4.69) is 13.0 Å². The quantitative estimate of drug-likeness (QED) is 0.871. The van der Waals surface area contributed by atoms with Crippen molar-refractivity contribution >= 4 is 28.8 Å². The summed E-state index contributed by atoms with van der Waals surface area (Å²) in [6.45, 7) is 6.06. The maximum Gasteiger partial charge on any atom is 0.237 e. The van der Waals surface area contributed by atoms with Crippen molar-refractivity contribution in [3.63, 3.8) is 0 Å². The number of nitrogens with zero attached hydrogens (tertiary/aromatic N) is 1.